The van der Waals surface area contributed by atoms with Crippen LogP contribution in [0.4, 0.5) is 0 Å². The summed E-state index contributed by atoms with van der Waals surface area (Å²) < 4.78 is 0. The number of allylic oxidation sites excluding steroid dienone is 1. The Morgan fingerprint density at radius 1 is 1.19 bits per heavy atom. The molecule has 6 rings (SSSR count). The smallest absolute Gasteiger partial charge is 0.181 e. The molecule has 4 N–H and O–H groups in total. The standard InChI is InChI=1S/C26H24N10/c1-3-18(31-21(4-2)36-13-16(27)14-36)15-11-17-22(34-35-25(17)30-12-15)26-32-20-8-10-29-23(24(20)33-26)19-7-5-6-9-28-19/h3-12,16H,2,13-14,27H2,1H3,(H,32,33)(H,30,34,35)/b18-3-,31-21?. The number of aromatic amines is 2. The molecule has 0 radical (unpaired) electrons. The minimum absolute atomic E-state index is 0.174. The predicted molar refractivity (Wildman–Crippen MR) is 141 cm³/mol. The van der Waals surface area contributed by atoms with Crippen LogP contribution in [-0.4, -0.2) is 65.0 Å². The quantitative estimate of drug-likeness (QED) is 0.260. The van der Waals surface area contributed by atoms with Crippen LogP contribution in [0, 0.1) is 0 Å². The normalized spacial score (nSPS) is 15.0. The lowest BCUT2D eigenvalue weighted by atomic mass is 10.1. The largest absolute Gasteiger partial charge is 0.353 e. The van der Waals surface area contributed by atoms with Crippen molar-refractivity contribution in [3.8, 4) is 22.9 Å². The first-order chi connectivity index (χ1) is 17.6. The lowest BCUT2D eigenvalue weighted by molar-refractivity contribution is 0.256. The van der Waals surface area contributed by atoms with Gasteiger partial charge < -0.3 is 15.6 Å². The number of hydrogen-bond donors (Lipinski definition) is 3. The summed E-state index contributed by atoms with van der Waals surface area (Å²) in [7, 11) is 0. The van der Waals surface area contributed by atoms with Crippen LogP contribution in [0.25, 0.3) is 50.7 Å². The Labute approximate surface area is 206 Å². The summed E-state index contributed by atoms with van der Waals surface area (Å²) in [6.07, 6.45) is 8.98. The molecule has 1 saturated heterocycles. The number of aromatic nitrogens is 7. The van der Waals surface area contributed by atoms with E-state index in [0.29, 0.717) is 17.2 Å². The average Bonchev–Trinajstić information content (AvgIpc) is 3.52. The first-order valence-corrected chi connectivity index (χ1v) is 11.6. The highest BCUT2D eigenvalue weighted by Crippen LogP contribution is 2.30. The Bertz CT molecular complexity index is 1640. The summed E-state index contributed by atoms with van der Waals surface area (Å²) in [5, 5.41) is 8.32. The zero-order valence-corrected chi connectivity index (χ0v) is 19.7. The molecule has 1 aliphatic heterocycles. The summed E-state index contributed by atoms with van der Waals surface area (Å²) in [6, 6.07) is 9.82. The first kappa shape index (κ1) is 21.8. The number of likely N-dealkylation sites (tertiary alicyclic amines) is 1. The predicted octanol–water partition coefficient (Wildman–Crippen LogP) is 3.55. The number of aliphatic imine (C=N–C) groups is 1. The summed E-state index contributed by atoms with van der Waals surface area (Å²) in [6.45, 7) is 7.41. The highest BCUT2D eigenvalue weighted by atomic mass is 15.3. The summed E-state index contributed by atoms with van der Waals surface area (Å²) in [5.74, 6) is 1.44. The van der Waals surface area contributed by atoms with Gasteiger partial charge in [-0.25, -0.2) is 15.0 Å². The summed E-state index contributed by atoms with van der Waals surface area (Å²) in [4.78, 5) is 28.7. The van der Waals surface area contributed by atoms with E-state index in [-0.39, 0.29) is 6.04 Å². The van der Waals surface area contributed by atoms with Gasteiger partial charge in [-0.05, 0) is 37.3 Å². The average molecular weight is 477 g/mol. The molecular formula is C26H24N10. The molecule has 0 bridgehead atoms. The minimum atomic E-state index is 0.174. The van der Waals surface area contributed by atoms with Gasteiger partial charge in [0.2, 0.25) is 0 Å². The third kappa shape index (κ3) is 3.73. The number of nitrogens with one attached hydrogen (secondary N) is 2. The summed E-state index contributed by atoms with van der Waals surface area (Å²) >= 11 is 0. The van der Waals surface area contributed by atoms with E-state index in [4.69, 9.17) is 15.7 Å². The van der Waals surface area contributed by atoms with Crippen LogP contribution < -0.4 is 5.73 Å². The Morgan fingerprint density at radius 2 is 2.08 bits per heavy atom. The Hall–Kier alpha value is -4.70. The van der Waals surface area contributed by atoms with Crippen LogP contribution in [0.1, 0.15) is 12.5 Å². The van der Waals surface area contributed by atoms with Gasteiger partial charge >= 0.3 is 0 Å². The maximum atomic E-state index is 5.95. The number of imidazole rings is 1. The molecule has 1 fully saturated rings. The van der Waals surface area contributed by atoms with Crippen molar-refractivity contribution in [3.05, 3.63) is 73.2 Å². The number of amidine groups is 1. The van der Waals surface area contributed by atoms with Crippen LogP contribution in [0.5, 0.6) is 0 Å². The van der Waals surface area contributed by atoms with Crippen LogP contribution in [0.3, 0.4) is 0 Å². The molecule has 0 atom stereocenters. The van der Waals surface area contributed by atoms with E-state index < -0.39 is 0 Å². The van der Waals surface area contributed by atoms with E-state index in [2.05, 4.69) is 41.6 Å². The van der Waals surface area contributed by atoms with E-state index in [0.717, 1.165) is 58.0 Å². The SMILES string of the molecule is C=CC(=N/C(=C\C)c1cnc2n[nH]c(-c3nc4c(-c5ccccn5)nccc4[nH]3)c2c1)N1CC(N)C1. The second-order valence-electron chi connectivity index (χ2n) is 8.56. The maximum Gasteiger partial charge on any atom is 0.181 e. The van der Waals surface area contributed by atoms with Crippen molar-refractivity contribution in [1.29, 1.82) is 0 Å². The fourth-order valence-electron chi connectivity index (χ4n) is 4.33. The van der Waals surface area contributed by atoms with Crippen molar-refractivity contribution in [1.82, 2.24) is 40.0 Å². The van der Waals surface area contributed by atoms with Gasteiger partial charge in [0.25, 0.3) is 0 Å². The van der Waals surface area contributed by atoms with Crippen LogP contribution >= 0.6 is 0 Å². The molecule has 0 aromatic carbocycles. The zero-order valence-electron chi connectivity index (χ0n) is 19.7. The van der Waals surface area contributed by atoms with Crippen molar-refractivity contribution in [2.75, 3.05) is 13.1 Å². The molecule has 0 unspecified atom stereocenters. The molecule has 0 saturated carbocycles. The van der Waals surface area contributed by atoms with Crippen molar-refractivity contribution in [2.24, 2.45) is 10.7 Å². The number of pyridine rings is 3. The Morgan fingerprint density at radius 3 is 2.83 bits per heavy atom. The molecule has 6 heterocycles. The fraction of sp³-hybridized carbons (Fsp3) is 0.154. The lowest BCUT2D eigenvalue weighted by Crippen LogP contribution is -2.57. The van der Waals surface area contributed by atoms with E-state index in [1.165, 1.54) is 0 Å². The van der Waals surface area contributed by atoms with Crippen molar-refractivity contribution in [2.45, 2.75) is 13.0 Å². The molecule has 1 aliphatic rings. The molecular weight excluding hydrogens is 452 g/mol. The molecule has 5 aromatic rings. The second-order valence-corrected chi connectivity index (χ2v) is 8.56. The van der Waals surface area contributed by atoms with E-state index in [9.17, 15) is 0 Å². The van der Waals surface area contributed by atoms with Crippen molar-refractivity contribution >= 4 is 33.6 Å². The fourth-order valence-corrected chi connectivity index (χ4v) is 4.33. The number of fused-ring (bicyclic) bond motifs is 2. The number of H-pyrrole nitrogens is 2. The third-order valence-electron chi connectivity index (χ3n) is 6.18. The molecule has 36 heavy (non-hydrogen) atoms. The number of nitrogens with two attached hydrogens (primary N) is 1. The van der Waals surface area contributed by atoms with Gasteiger partial charge in [0.15, 0.2) is 11.5 Å². The highest BCUT2D eigenvalue weighted by Gasteiger charge is 2.25. The molecule has 10 nitrogen and oxygen atoms in total. The molecule has 0 spiro atoms. The number of nitrogens with zero attached hydrogens (tertiary/aromatic N) is 7. The second kappa shape index (κ2) is 8.82. The van der Waals surface area contributed by atoms with Gasteiger partial charge in [0, 0.05) is 43.3 Å². The number of rotatable bonds is 5. The van der Waals surface area contributed by atoms with Gasteiger partial charge in [0.1, 0.15) is 22.7 Å². The molecule has 0 aliphatic carbocycles. The van der Waals surface area contributed by atoms with Gasteiger partial charge in [-0.1, -0.05) is 18.7 Å². The first-order valence-electron chi connectivity index (χ1n) is 11.6. The molecule has 5 aromatic heterocycles. The van der Waals surface area contributed by atoms with Crippen LogP contribution in [0.2, 0.25) is 0 Å². The lowest BCUT2D eigenvalue weighted by Gasteiger charge is -2.38. The van der Waals surface area contributed by atoms with Gasteiger partial charge in [-0.15, -0.1) is 0 Å². The molecule has 0 amide bonds. The van der Waals surface area contributed by atoms with E-state index in [1.807, 2.05) is 43.3 Å². The van der Waals surface area contributed by atoms with E-state index in [1.54, 1.807) is 24.7 Å². The van der Waals surface area contributed by atoms with Gasteiger partial charge in [-0.2, -0.15) is 5.10 Å². The van der Waals surface area contributed by atoms with E-state index >= 15 is 0 Å². The van der Waals surface area contributed by atoms with Crippen molar-refractivity contribution < 1.29 is 0 Å². The van der Waals surface area contributed by atoms with Crippen LogP contribution in [0.15, 0.2) is 72.6 Å². The van der Waals surface area contributed by atoms with Crippen molar-refractivity contribution in [3.63, 3.8) is 0 Å². The monoisotopic (exact) mass is 476 g/mol. The maximum absolute atomic E-state index is 5.95. The topological polar surface area (TPSA) is 138 Å². The van der Waals surface area contributed by atoms with Gasteiger partial charge in [-0.3, -0.25) is 15.1 Å². The Balaban J connectivity index is 1.41. The zero-order chi connectivity index (χ0) is 24.6. The minimum Gasteiger partial charge on any atom is -0.353 e. The highest BCUT2D eigenvalue weighted by molar-refractivity contribution is 5.98. The van der Waals surface area contributed by atoms with Crippen LogP contribution in [-0.2, 0) is 0 Å². The third-order valence-corrected chi connectivity index (χ3v) is 6.18. The molecule has 178 valence electrons. The molecule has 10 heteroatoms. The Kier molecular flexibility index (Phi) is 5.34. The number of hydrogen-bond acceptors (Lipinski definition) is 7. The summed E-state index contributed by atoms with van der Waals surface area (Å²) in [5.41, 5.74) is 12.0. The van der Waals surface area contributed by atoms with Gasteiger partial charge in [0.05, 0.1) is 22.3 Å².